The van der Waals surface area contributed by atoms with Crippen LogP contribution in [-0.2, 0) is 20.4 Å². The fourth-order valence-electron chi connectivity index (χ4n) is 5.67. The van der Waals surface area contributed by atoms with Crippen LogP contribution in [0.2, 0.25) is 0 Å². The van der Waals surface area contributed by atoms with Gasteiger partial charge in [-0.2, -0.15) is 10.0 Å². The molecule has 4 aliphatic rings. The van der Waals surface area contributed by atoms with Gasteiger partial charge in [0.25, 0.3) is 0 Å². The Morgan fingerprint density at radius 1 is 0.667 bits per heavy atom. The third-order valence-corrected chi connectivity index (χ3v) is 8.10. The van der Waals surface area contributed by atoms with Crippen molar-refractivity contribution < 1.29 is 20.4 Å². The molecule has 0 amide bonds. The van der Waals surface area contributed by atoms with Gasteiger partial charge in [-0.3, -0.25) is 0 Å². The molecule has 3 heterocycles. The summed E-state index contributed by atoms with van der Waals surface area (Å²) in [6, 6.07) is 13.9. The summed E-state index contributed by atoms with van der Waals surface area (Å²) in [5.74, 6) is 1.85. The Morgan fingerprint density at radius 2 is 1.06 bits per heavy atom. The zero-order chi connectivity index (χ0) is 26.2. The van der Waals surface area contributed by atoms with Crippen molar-refractivity contribution in [1.29, 1.82) is 0 Å². The van der Waals surface area contributed by atoms with Gasteiger partial charge in [0.2, 0.25) is 0 Å². The number of para-hydroxylation sites is 2. The molecule has 0 spiro atoms. The van der Waals surface area contributed by atoms with Crippen LogP contribution in [0.1, 0.15) is 108 Å². The first kappa shape index (κ1) is 27.0. The van der Waals surface area contributed by atoms with Crippen molar-refractivity contribution in [3.8, 4) is 0 Å². The molecule has 189 valence electrons. The van der Waals surface area contributed by atoms with Crippen molar-refractivity contribution >= 4 is 11.4 Å². The first-order valence-corrected chi connectivity index (χ1v) is 14.3. The van der Waals surface area contributed by atoms with Gasteiger partial charge in [0.05, 0.1) is 12.4 Å². The van der Waals surface area contributed by atoms with E-state index in [1.54, 1.807) is 0 Å². The van der Waals surface area contributed by atoms with Crippen LogP contribution in [0.15, 0.2) is 70.9 Å². The van der Waals surface area contributed by atoms with Crippen LogP contribution in [0, 0.1) is 0 Å². The van der Waals surface area contributed by atoms with Crippen LogP contribution < -0.4 is 4.70 Å². The van der Waals surface area contributed by atoms with Crippen LogP contribution in [0.5, 0.6) is 0 Å². The number of nitrogens with zero attached hydrogens (tertiary/aromatic N) is 3. The zero-order valence-corrected chi connectivity index (χ0v) is 25.0. The molecule has 3 nitrogen and oxygen atoms in total. The van der Waals surface area contributed by atoms with E-state index in [9.17, 15) is 0 Å². The Hall–Kier alpha value is -2.07. The van der Waals surface area contributed by atoms with Gasteiger partial charge >= 0.3 is 49.0 Å². The van der Waals surface area contributed by atoms with Crippen molar-refractivity contribution in [2.75, 3.05) is 6.67 Å². The monoisotopic (exact) mass is 517 g/mol. The van der Waals surface area contributed by atoms with Gasteiger partial charge in [-0.05, 0) is 23.7 Å². The van der Waals surface area contributed by atoms with Crippen LogP contribution in [0.3, 0.4) is 0 Å². The predicted octanol–water partition coefficient (Wildman–Crippen LogP) is 9.09. The molecule has 0 N–H and O–H groups in total. The molecule has 0 atom stereocenters. The average molecular weight is 518 g/mol. The second-order valence-electron chi connectivity index (χ2n) is 11.4. The normalized spacial score (nSPS) is 17.2. The van der Waals surface area contributed by atoms with Crippen molar-refractivity contribution in [2.24, 2.45) is 0 Å². The molecule has 1 saturated heterocycles. The maximum absolute atomic E-state index is 2.51. The molecule has 0 radical (unpaired) electrons. The van der Waals surface area contributed by atoms with Gasteiger partial charge in [-0.1, -0.05) is 96.5 Å². The summed E-state index contributed by atoms with van der Waals surface area (Å²) in [7, 11) is 0. The van der Waals surface area contributed by atoms with Gasteiger partial charge in [-0.15, -0.1) is 0 Å². The molecule has 6 rings (SSSR count). The van der Waals surface area contributed by atoms with Gasteiger partial charge in [-0.25, -0.2) is 0 Å². The van der Waals surface area contributed by atoms with E-state index in [4.69, 9.17) is 0 Å². The Labute approximate surface area is 231 Å². The molecule has 2 aromatic carbocycles. The molecule has 3 aliphatic heterocycles. The number of rotatable bonds is 6. The Balaban J connectivity index is 0.000000445. The summed E-state index contributed by atoms with van der Waals surface area (Å²) in [4.78, 5) is 0. The van der Waals surface area contributed by atoms with Crippen molar-refractivity contribution in [3.05, 3.63) is 93.2 Å². The molecule has 0 unspecified atom stereocenters. The van der Waals surface area contributed by atoms with Gasteiger partial charge in [0.1, 0.15) is 0 Å². The molecule has 0 saturated carbocycles. The minimum atomic E-state index is 0.463. The first-order valence-electron chi connectivity index (χ1n) is 13.6. The third kappa shape index (κ3) is 4.55. The quantitative estimate of drug-likeness (QED) is 0.279. The summed E-state index contributed by atoms with van der Waals surface area (Å²) in [6.07, 6.45) is 12.1. The van der Waals surface area contributed by atoms with Crippen LogP contribution in [-0.4, -0.2) is 16.7 Å². The van der Waals surface area contributed by atoms with Crippen molar-refractivity contribution in [1.82, 2.24) is 14.7 Å². The molecule has 2 aromatic rings. The number of hydrogen-bond donors (Lipinski definition) is 0. The number of hydrogen-bond acceptors (Lipinski definition) is 2. The minimum absolute atomic E-state index is 0.463. The van der Waals surface area contributed by atoms with Crippen molar-refractivity contribution in [2.45, 2.75) is 85.5 Å². The van der Waals surface area contributed by atoms with E-state index >= 15 is 0 Å². The van der Waals surface area contributed by atoms with E-state index in [1.165, 1.54) is 43.9 Å². The third-order valence-electron chi connectivity index (χ3n) is 7.52. The standard InChI is InChI=1S/C27H38N3.C5H5.Ti/c1-18(2)22-11-9-12-23(19(3)4)26(22)30(28-15-16-29(30)17-28)27-24(20(5)6)13-10-14-25(27)21(7)8;1-2-4-5-3-1;/h9-16,18-21H,17H2,1-8H3;1-3H,4H2;/q+1;;. The molecular weight excluding hydrogens is 474 g/mol. The molecule has 1 fully saturated rings. The van der Waals surface area contributed by atoms with Gasteiger partial charge in [0, 0.05) is 22.3 Å². The van der Waals surface area contributed by atoms with Gasteiger partial charge in [0.15, 0.2) is 18.0 Å². The van der Waals surface area contributed by atoms with Crippen molar-refractivity contribution in [3.63, 3.8) is 0 Å². The summed E-state index contributed by atoms with van der Waals surface area (Å²) < 4.78 is 2.17. The maximum atomic E-state index is 2.51. The molecule has 1 aliphatic carbocycles. The average Bonchev–Trinajstić information content (AvgIpc) is 3.58. The summed E-state index contributed by atoms with van der Waals surface area (Å²) in [5, 5.41) is 5.03. The van der Waals surface area contributed by atoms with E-state index < -0.39 is 0 Å². The van der Waals surface area contributed by atoms with Crippen LogP contribution in [0.25, 0.3) is 0 Å². The summed E-state index contributed by atoms with van der Waals surface area (Å²) >= 11 is 2.14. The predicted molar refractivity (Wildman–Crippen MR) is 150 cm³/mol. The Bertz CT molecular complexity index is 1060. The first-order chi connectivity index (χ1) is 17.1. The second kappa shape index (κ2) is 10.7. The zero-order valence-electron chi connectivity index (χ0n) is 23.4. The second-order valence-corrected chi connectivity index (χ2v) is 12.4. The van der Waals surface area contributed by atoms with E-state index in [0.29, 0.717) is 28.4 Å². The van der Waals surface area contributed by atoms with E-state index in [-0.39, 0.29) is 0 Å². The summed E-state index contributed by atoms with van der Waals surface area (Å²) in [6.45, 7) is 19.6. The molecule has 4 heteroatoms. The molecular formula is C32H43N3Ti+. The van der Waals surface area contributed by atoms with Crippen LogP contribution in [0.4, 0.5) is 11.4 Å². The molecule has 2 bridgehead atoms. The van der Waals surface area contributed by atoms with Crippen LogP contribution >= 0.6 is 0 Å². The number of allylic oxidation sites excluding steroid dienone is 4. The fourth-order valence-corrected chi connectivity index (χ4v) is 6.00. The topological polar surface area (TPSA) is 6.48 Å². The van der Waals surface area contributed by atoms with E-state index in [1.807, 2.05) is 0 Å². The van der Waals surface area contributed by atoms with E-state index in [0.717, 1.165) is 6.67 Å². The Morgan fingerprint density at radius 3 is 1.28 bits per heavy atom. The van der Waals surface area contributed by atoms with Gasteiger partial charge < -0.3 is 0 Å². The number of benzene rings is 2. The molecule has 36 heavy (non-hydrogen) atoms. The van der Waals surface area contributed by atoms with E-state index in [2.05, 4.69) is 153 Å². The molecule has 0 aromatic heterocycles. The Kier molecular flexibility index (Phi) is 8.05. The summed E-state index contributed by atoms with van der Waals surface area (Å²) in [5.41, 5.74) is 8.71. The number of quaternary nitrogens is 1. The SMILES string of the molecule is CC(C)c1cccc(C(C)C)c1[N+]1(c2c(C(C)C)cccc2C(C)C)N2C=CN1C2.[Ti][C]1=CC=CC1. The fraction of sp³-hybridized carbons (Fsp3) is 0.438.